The summed E-state index contributed by atoms with van der Waals surface area (Å²) in [5, 5.41) is 14.9. The summed E-state index contributed by atoms with van der Waals surface area (Å²) in [5.74, 6) is 0.300. The summed E-state index contributed by atoms with van der Waals surface area (Å²) in [4.78, 5) is 40.6. The monoisotopic (exact) mass is 502 g/mol. The van der Waals surface area contributed by atoms with E-state index in [4.69, 9.17) is 5.41 Å². The molecule has 0 spiro atoms. The predicted molar refractivity (Wildman–Crippen MR) is 148 cm³/mol. The molecule has 7 nitrogen and oxygen atoms in total. The third kappa shape index (κ3) is 11.2. The van der Waals surface area contributed by atoms with Crippen molar-refractivity contribution in [1.29, 1.82) is 5.41 Å². The maximum absolute atomic E-state index is 13.2. The Bertz CT molecular complexity index is 807. The van der Waals surface area contributed by atoms with Gasteiger partial charge in [0.2, 0.25) is 5.91 Å². The van der Waals surface area contributed by atoms with Crippen molar-refractivity contribution in [3.63, 3.8) is 0 Å². The third-order valence-corrected chi connectivity index (χ3v) is 6.28. The summed E-state index contributed by atoms with van der Waals surface area (Å²) < 4.78 is 0. The number of allylic oxidation sites excluding steroid dienone is 1. The number of carbonyl (C=O) groups is 3. The van der Waals surface area contributed by atoms with Crippen LogP contribution in [0, 0.1) is 23.2 Å². The minimum atomic E-state index is -0.441. The van der Waals surface area contributed by atoms with Gasteiger partial charge in [-0.1, -0.05) is 54.5 Å². The van der Waals surface area contributed by atoms with Gasteiger partial charge in [-0.2, -0.15) is 0 Å². The van der Waals surface area contributed by atoms with Gasteiger partial charge in [-0.15, -0.1) is 0 Å². The van der Waals surface area contributed by atoms with Crippen LogP contribution in [-0.2, 0) is 14.4 Å². The molecule has 7 heteroatoms. The van der Waals surface area contributed by atoms with Gasteiger partial charge in [0, 0.05) is 35.9 Å². The highest BCUT2D eigenvalue weighted by molar-refractivity contribution is 6.03. The lowest BCUT2D eigenvalue weighted by Gasteiger charge is -2.26. The lowest BCUT2D eigenvalue weighted by molar-refractivity contribution is -0.127. The first-order chi connectivity index (χ1) is 17.0. The first-order valence-electron chi connectivity index (χ1n) is 13.8. The molecule has 2 atom stereocenters. The Morgan fingerprint density at radius 1 is 1.03 bits per heavy atom. The molecule has 0 unspecified atom stereocenters. The fourth-order valence-electron chi connectivity index (χ4n) is 4.33. The molecule has 204 valence electrons. The number of nitrogens with one attached hydrogen (secondary N) is 3. The Balaban J connectivity index is 2.87. The Morgan fingerprint density at radius 3 is 2.22 bits per heavy atom. The first-order valence-corrected chi connectivity index (χ1v) is 13.8. The van der Waals surface area contributed by atoms with Crippen molar-refractivity contribution in [3.8, 4) is 0 Å². The number of ketones is 1. The van der Waals surface area contributed by atoms with Gasteiger partial charge in [0.25, 0.3) is 5.91 Å². The second kappa shape index (κ2) is 16.5. The molecule has 0 fully saturated rings. The van der Waals surface area contributed by atoms with Gasteiger partial charge < -0.3 is 20.9 Å². The van der Waals surface area contributed by atoms with Crippen LogP contribution in [0.15, 0.2) is 23.3 Å². The zero-order valence-electron chi connectivity index (χ0n) is 23.7. The van der Waals surface area contributed by atoms with E-state index in [1.165, 1.54) is 0 Å². The molecule has 0 saturated heterocycles. The molecular formula is C29H50N4O3. The number of Topliss-reactive ketones (excluding diaryl/α,β-unsaturated/α-hetero) is 1. The Morgan fingerprint density at radius 2 is 1.67 bits per heavy atom. The molecule has 1 aliphatic rings. The van der Waals surface area contributed by atoms with Crippen LogP contribution in [0.2, 0.25) is 0 Å². The maximum Gasteiger partial charge on any atom is 0.251 e. The van der Waals surface area contributed by atoms with Crippen LogP contribution in [0.25, 0.3) is 0 Å². The Kier molecular flexibility index (Phi) is 14.5. The summed E-state index contributed by atoms with van der Waals surface area (Å²) in [5.41, 5.74) is 1.53. The molecule has 2 amide bonds. The van der Waals surface area contributed by atoms with E-state index in [0.717, 1.165) is 19.4 Å². The number of hydrogen-bond donors (Lipinski definition) is 3. The van der Waals surface area contributed by atoms with Crippen molar-refractivity contribution >= 4 is 23.3 Å². The van der Waals surface area contributed by atoms with Crippen LogP contribution in [0.4, 0.5) is 0 Å². The molecule has 36 heavy (non-hydrogen) atoms. The van der Waals surface area contributed by atoms with Crippen LogP contribution in [-0.4, -0.2) is 60.4 Å². The number of nitrogens with zero attached hydrogens (tertiary/aromatic N) is 1. The van der Waals surface area contributed by atoms with Crippen molar-refractivity contribution < 1.29 is 14.4 Å². The van der Waals surface area contributed by atoms with Crippen LogP contribution in [0.3, 0.4) is 0 Å². The van der Waals surface area contributed by atoms with E-state index in [2.05, 4.69) is 52.2 Å². The van der Waals surface area contributed by atoms with E-state index in [-0.39, 0.29) is 29.4 Å². The van der Waals surface area contributed by atoms with Gasteiger partial charge in [0.1, 0.15) is 5.78 Å². The number of amides is 2. The van der Waals surface area contributed by atoms with E-state index in [1.54, 1.807) is 6.08 Å². The van der Waals surface area contributed by atoms with Crippen LogP contribution in [0.5, 0.6) is 0 Å². The quantitative estimate of drug-likeness (QED) is 0.251. The molecule has 0 saturated carbocycles. The van der Waals surface area contributed by atoms with Crippen LogP contribution in [0.1, 0.15) is 87.0 Å². The zero-order valence-corrected chi connectivity index (χ0v) is 23.7. The number of hydrogen-bond acceptors (Lipinski definition) is 5. The summed E-state index contributed by atoms with van der Waals surface area (Å²) in [6, 6.07) is -0.441. The van der Waals surface area contributed by atoms with E-state index in [0.29, 0.717) is 68.1 Å². The van der Waals surface area contributed by atoms with E-state index in [1.807, 2.05) is 17.9 Å². The molecule has 0 aliphatic heterocycles. The molecule has 0 bridgehead atoms. The third-order valence-electron chi connectivity index (χ3n) is 6.28. The molecule has 1 aliphatic carbocycles. The van der Waals surface area contributed by atoms with Gasteiger partial charge in [-0.05, 0) is 63.0 Å². The molecule has 0 aromatic heterocycles. The summed E-state index contributed by atoms with van der Waals surface area (Å²) in [6.07, 6.45) is 7.62. The summed E-state index contributed by atoms with van der Waals surface area (Å²) in [7, 11) is 0. The maximum atomic E-state index is 13.2. The van der Waals surface area contributed by atoms with Gasteiger partial charge in [-0.3, -0.25) is 14.4 Å². The first kappa shape index (κ1) is 31.7. The minimum absolute atomic E-state index is 0.0157. The highest BCUT2D eigenvalue weighted by Gasteiger charge is 2.26. The average molecular weight is 503 g/mol. The largest absolute Gasteiger partial charge is 0.344 e. The lowest BCUT2D eigenvalue weighted by Crippen LogP contribution is -2.43. The van der Waals surface area contributed by atoms with E-state index < -0.39 is 6.04 Å². The molecular weight excluding hydrogens is 452 g/mol. The molecule has 0 aromatic carbocycles. The lowest BCUT2D eigenvalue weighted by atomic mass is 9.91. The molecule has 0 aromatic rings. The summed E-state index contributed by atoms with van der Waals surface area (Å²) in [6.45, 7) is 16.8. The van der Waals surface area contributed by atoms with Crippen molar-refractivity contribution in [2.75, 3.05) is 26.2 Å². The number of rotatable bonds is 17. The van der Waals surface area contributed by atoms with Crippen molar-refractivity contribution in [2.24, 2.45) is 17.8 Å². The zero-order chi connectivity index (χ0) is 27.3. The highest BCUT2D eigenvalue weighted by atomic mass is 16.2. The van der Waals surface area contributed by atoms with Gasteiger partial charge in [0.05, 0.1) is 12.6 Å². The van der Waals surface area contributed by atoms with Gasteiger partial charge in [0.15, 0.2) is 0 Å². The van der Waals surface area contributed by atoms with Crippen molar-refractivity contribution in [2.45, 2.75) is 93.0 Å². The number of carbonyl (C=O) groups excluding carboxylic acids is 3. The van der Waals surface area contributed by atoms with Crippen LogP contribution < -0.4 is 10.6 Å². The molecule has 0 radical (unpaired) electrons. The van der Waals surface area contributed by atoms with Crippen molar-refractivity contribution in [3.05, 3.63) is 23.3 Å². The fourth-order valence-corrected chi connectivity index (χ4v) is 4.33. The minimum Gasteiger partial charge on any atom is -0.344 e. The standard InChI is InChI=1S/C29H50N4O3/c1-8-13-33(14-9-2)29(36)24-12-10-11-23(17-24)28(35)32-26(15-20(3)4)25(30)16-22(7)27(34)19-31-18-21(5)6/h11,17,20-22,26,30-31H,8-10,12-16,18-19H2,1-7H3,(H,32,35)/t22-,26+/m1/s1. The topological polar surface area (TPSA) is 102 Å². The van der Waals surface area contributed by atoms with E-state index >= 15 is 0 Å². The Labute approximate surface area is 219 Å². The van der Waals surface area contributed by atoms with Crippen LogP contribution >= 0.6 is 0 Å². The smallest absolute Gasteiger partial charge is 0.251 e. The summed E-state index contributed by atoms with van der Waals surface area (Å²) >= 11 is 0. The molecule has 1 rings (SSSR count). The second-order valence-electron chi connectivity index (χ2n) is 10.9. The average Bonchev–Trinajstić information content (AvgIpc) is 2.82. The fraction of sp³-hybridized carbons (Fsp3) is 0.724. The highest BCUT2D eigenvalue weighted by Crippen LogP contribution is 2.21. The SMILES string of the molecule is CCCN(CCC)C(=O)C1=CC(C(=O)N[C@@H](CC(C)C)C(=N)C[C@@H](C)C(=O)CNCC(C)C)=CCC1. The van der Waals surface area contributed by atoms with Gasteiger partial charge >= 0.3 is 0 Å². The van der Waals surface area contributed by atoms with E-state index in [9.17, 15) is 14.4 Å². The molecule has 3 N–H and O–H groups in total. The second-order valence-corrected chi connectivity index (χ2v) is 10.9. The Hall–Kier alpha value is -2.28. The molecule has 0 heterocycles. The van der Waals surface area contributed by atoms with Gasteiger partial charge in [-0.25, -0.2) is 0 Å². The normalized spacial score (nSPS) is 15.2. The van der Waals surface area contributed by atoms with Crippen molar-refractivity contribution in [1.82, 2.24) is 15.5 Å². The predicted octanol–water partition coefficient (Wildman–Crippen LogP) is 4.67.